The normalized spacial score (nSPS) is 16.7. The third kappa shape index (κ3) is 4.33. The number of nitrogens with one attached hydrogen (secondary N) is 1. The number of rotatable bonds is 6. The van der Waals surface area contributed by atoms with Crippen LogP contribution in [0.5, 0.6) is 5.75 Å². The number of nitrogens with zero attached hydrogens (tertiary/aromatic N) is 2. The number of pyridine rings is 1. The maximum Gasteiger partial charge on any atom is 0.169 e. The van der Waals surface area contributed by atoms with Gasteiger partial charge < -0.3 is 25.9 Å². The quantitative estimate of drug-likeness (QED) is 0.307. The molecule has 0 radical (unpaired) electrons. The third-order valence-corrected chi connectivity index (χ3v) is 6.47. The maximum atomic E-state index is 16.1. The highest BCUT2D eigenvalue weighted by Crippen LogP contribution is 2.38. The van der Waals surface area contributed by atoms with E-state index in [-0.39, 0.29) is 11.9 Å². The van der Waals surface area contributed by atoms with Crippen LogP contribution in [0.25, 0.3) is 10.8 Å². The van der Waals surface area contributed by atoms with Crippen LogP contribution in [0, 0.1) is 5.82 Å². The van der Waals surface area contributed by atoms with Crippen molar-refractivity contribution in [2.24, 2.45) is 0 Å². The molecule has 176 valence electrons. The van der Waals surface area contributed by atoms with Crippen LogP contribution in [0.1, 0.15) is 41.9 Å². The van der Waals surface area contributed by atoms with Crippen molar-refractivity contribution in [2.75, 3.05) is 24.7 Å². The standard InChI is InChI=1S/C25H25BrFN5O2/c1-2-13-7-18(23(27)20(8-13)34-16-5-6-33-12-16)22(25-30-11-21(26)32-25)19-10-14-9-15(28)3-4-17(14)24(29)31-19/h3-4,7-11,16,22H,2,5-6,12,28H2,1H3,(H2,29,31)(H,30,32). The number of anilines is 2. The Hall–Kier alpha value is -3.17. The molecule has 1 aliphatic rings. The van der Waals surface area contributed by atoms with Gasteiger partial charge in [-0.25, -0.2) is 14.4 Å². The molecule has 2 aromatic carbocycles. The van der Waals surface area contributed by atoms with E-state index >= 15 is 4.39 Å². The fourth-order valence-corrected chi connectivity index (χ4v) is 4.65. The third-order valence-electron chi connectivity index (χ3n) is 6.07. The van der Waals surface area contributed by atoms with Crippen molar-refractivity contribution in [1.82, 2.24) is 15.0 Å². The molecule has 3 heterocycles. The predicted octanol–water partition coefficient (Wildman–Crippen LogP) is 4.93. The molecule has 0 aliphatic carbocycles. The van der Waals surface area contributed by atoms with Gasteiger partial charge in [0.25, 0.3) is 0 Å². The van der Waals surface area contributed by atoms with Crippen molar-refractivity contribution in [3.63, 3.8) is 0 Å². The highest BCUT2D eigenvalue weighted by molar-refractivity contribution is 9.10. The first-order chi connectivity index (χ1) is 16.4. The Kier molecular flexibility index (Phi) is 6.14. The smallest absolute Gasteiger partial charge is 0.169 e. The number of halogens is 2. The van der Waals surface area contributed by atoms with Crippen molar-refractivity contribution >= 4 is 38.2 Å². The molecule has 9 heteroatoms. The van der Waals surface area contributed by atoms with E-state index in [9.17, 15) is 0 Å². The lowest BCUT2D eigenvalue weighted by molar-refractivity contribution is 0.138. The number of ether oxygens (including phenoxy) is 2. The summed E-state index contributed by atoms with van der Waals surface area (Å²) in [6, 6.07) is 10.9. The van der Waals surface area contributed by atoms with Crippen LogP contribution in [-0.4, -0.2) is 34.3 Å². The molecule has 2 aromatic heterocycles. The Labute approximate surface area is 204 Å². The van der Waals surface area contributed by atoms with Crippen molar-refractivity contribution in [2.45, 2.75) is 31.8 Å². The largest absolute Gasteiger partial charge is 0.485 e. The van der Waals surface area contributed by atoms with E-state index in [0.29, 0.717) is 52.8 Å². The number of hydrogen-bond donors (Lipinski definition) is 3. The second-order valence-corrected chi connectivity index (χ2v) is 9.22. The summed E-state index contributed by atoms with van der Waals surface area (Å²) in [6.07, 6.45) is 2.97. The van der Waals surface area contributed by atoms with Gasteiger partial charge in [-0.05, 0) is 63.6 Å². The number of nitrogen functional groups attached to an aromatic ring is 2. The molecule has 2 unspecified atom stereocenters. The van der Waals surface area contributed by atoms with E-state index in [0.717, 1.165) is 22.8 Å². The predicted molar refractivity (Wildman–Crippen MR) is 133 cm³/mol. The number of fused-ring (bicyclic) bond motifs is 1. The van der Waals surface area contributed by atoms with Crippen LogP contribution in [-0.2, 0) is 11.2 Å². The molecule has 4 aromatic rings. The van der Waals surface area contributed by atoms with Crippen LogP contribution in [0.3, 0.4) is 0 Å². The zero-order valence-electron chi connectivity index (χ0n) is 18.6. The van der Waals surface area contributed by atoms with Crippen molar-refractivity contribution in [1.29, 1.82) is 0 Å². The summed E-state index contributed by atoms with van der Waals surface area (Å²) in [6.45, 7) is 3.08. The molecule has 1 saturated heterocycles. The molecular weight excluding hydrogens is 501 g/mol. The van der Waals surface area contributed by atoms with E-state index in [1.807, 2.05) is 31.2 Å². The van der Waals surface area contributed by atoms with Crippen molar-refractivity contribution in [3.05, 3.63) is 75.7 Å². The van der Waals surface area contributed by atoms with Gasteiger partial charge in [0.05, 0.1) is 24.8 Å². The van der Waals surface area contributed by atoms with E-state index < -0.39 is 11.7 Å². The Morgan fingerprint density at radius 1 is 1.24 bits per heavy atom. The second kappa shape index (κ2) is 9.23. The van der Waals surface area contributed by atoms with Gasteiger partial charge in [0.1, 0.15) is 22.3 Å². The van der Waals surface area contributed by atoms with E-state index in [4.69, 9.17) is 20.9 Å². The van der Waals surface area contributed by atoms with Crippen LogP contribution < -0.4 is 16.2 Å². The summed E-state index contributed by atoms with van der Waals surface area (Å²) in [4.78, 5) is 12.4. The van der Waals surface area contributed by atoms with Gasteiger partial charge in [-0.2, -0.15) is 0 Å². The van der Waals surface area contributed by atoms with Crippen LogP contribution in [0.4, 0.5) is 15.9 Å². The molecule has 0 bridgehead atoms. The fourth-order valence-electron chi connectivity index (χ4n) is 4.34. The lowest BCUT2D eigenvalue weighted by atomic mass is 9.90. The summed E-state index contributed by atoms with van der Waals surface area (Å²) in [7, 11) is 0. The van der Waals surface area contributed by atoms with Crippen molar-refractivity contribution in [3.8, 4) is 5.75 Å². The minimum absolute atomic E-state index is 0.178. The molecule has 1 fully saturated rings. The summed E-state index contributed by atoms with van der Waals surface area (Å²) in [5.74, 6) is -0.0136. The minimum atomic E-state index is -0.645. The molecule has 0 saturated carbocycles. The Morgan fingerprint density at radius 3 is 2.79 bits per heavy atom. The number of aromatic nitrogens is 3. The van der Waals surface area contributed by atoms with Gasteiger partial charge in [-0.1, -0.05) is 13.0 Å². The lowest BCUT2D eigenvalue weighted by Crippen LogP contribution is -2.18. The first kappa shape index (κ1) is 22.6. The Bertz CT molecular complexity index is 1350. The average Bonchev–Trinajstić information content (AvgIpc) is 3.48. The number of imidazole rings is 1. The molecule has 2 atom stereocenters. The zero-order valence-corrected chi connectivity index (χ0v) is 20.2. The number of benzene rings is 2. The molecule has 0 spiro atoms. The van der Waals surface area contributed by atoms with Gasteiger partial charge in [-0.15, -0.1) is 0 Å². The summed E-state index contributed by atoms with van der Waals surface area (Å²) in [5, 5.41) is 1.61. The topological polar surface area (TPSA) is 112 Å². The first-order valence-electron chi connectivity index (χ1n) is 11.2. The monoisotopic (exact) mass is 525 g/mol. The average molecular weight is 526 g/mol. The van der Waals surface area contributed by atoms with Gasteiger partial charge in [0.2, 0.25) is 0 Å². The lowest BCUT2D eigenvalue weighted by Gasteiger charge is -2.21. The zero-order chi connectivity index (χ0) is 23.8. The summed E-state index contributed by atoms with van der Waals surface area (Å²) >= 11 is 3.39. The number of aromatic amines is 1. The number of hydrogen-bond acceptors (Lipinski definition) is 6. The molecule has 7 nitrogen and oxygen atoms in total. The number of H-pyrrole nitrogens is 1. The van der Waals surface area contributed by atoms with Gasteiger partial charge >= 0.3 is 0 Å². The number of nitrogens with two attached hydrogens (primary N) is 2. The van der Waals surface area contributed by atoms with Gasteiger partial charge in [0.15, 0.2) is 11.6 Å². The molecule has 5 N–H and O–H groups in total. The summed E-state index contributed by atoms with van der Waals surface area (Å²) < 4.78 is 28.1. The van der Waals surface area contributed by atoms with Crippen LogP contribution in [0.15, 0.2) is 47.2 Å². The second-order valence-electron chi connectivity index (χ2n) is 8.41. The highest BCUT2D eigenvalue weighted by atomic mass is 79.9. The molecule has 34 heavy (non-hydrogen) atoms. The Balaban J connectivity index is 1.70. The van der Waals surface area contributed by atoms with E-state index in [2.05, 4.69) is 30.9 Å². The molecular formula is C25H25BrFN5O2. The van der Waals surface area contributed by atoms with Crippen LogP contribution >= 0.6 is 15.9 Å². The van der Waals surface area contributed by atoms with Crippen LogP contribution in [0.2, 0.25) is 0 Å². The fraction of sp³-hybridized carbons (Fsp3) is 0.280. The molecule has 1 aliphatic heterocycles. The molecule has 0 amide bonds. The molecule has 5 rings (SSSR count). The van der Waals surface area contributed by atoms with Crippen molar-refractivity contribution < 1.29 is 13.9 Å². The van der Waals surface area contributed by atoms with E-state index in [1.54, 1.807) is 18.3 Å². The Morgan fingerprint density at radius 2 is 2.09 bits per heavy atom. The SMILES string of the molecule is CCc1cc(OC2CCOC2)c(F)c(C(c2cc3cc(N)ccc3c(N)n2)c2nc(Br)c[nH]2)c1. The summed E-state index contributed by atoms with van der Waals surface area (Å²) in [5.41, 5.74) is 14.8. The maximum absolute atomic E-state index is 16.1. The van der Waals surface area contributed by atoms with Gasteiger partial charge in [0, 0.05) is 29.3 Å². The first-order valence-corrected chi connectivity index (χ1v) is 12.0. The van der Waals surface area contributed by atoms with Gasteiger partial charge in [-0.3, -0.25) is 0 Å². The van der Waals surface area contributed by atoms with E-state index in [1.165, 1.54) is 0 Å². The highest BCUT2D eigenvalue weighted by Gasteiger charge is 2.29. The number of aryl methyl sites for hydroxylation is 1. The minimum Gasteiger partial charge on any atom is -0.485 e.